The molecule has 106 valence electrons. The summed E-state index contributed by atoms with van der Waals surface area (Å²) in [6, 6.07) is 9.12. The number of halogens is 4. The topological polar surface area (TPSA) is 17.1 Å². The van der Waals surface area contributed by atoms with Crippen LogP contribution >= 0.6 is 11.6 Å². The highest BCUT2D eigenvalue weighted by atomic mass is 35.5. The summed E-state index contributed by atoms with van der Waals surface area (Å²) >= 11 is 5.94. The molecule has 0 spiro atoms. The summed E-state index contributed by atoms with van der Waals surface area (Å²) in [7, 11) is 0. The van der Waals surface area contributed by atoms with E-state index in [4.69, 9.17) is 11.6 Å². The zero-order valence-corrected chi connectivity index (χ0v) is 11.3. The van der Waals surface area contributed by atoms with Crippen LogP contribution in [-0.2, 0) is 6.18 Å². The highest BCUT2D eigenvalue weighted by Gasteiger charge is 2.29. The van der Waals surface area contributed by atoms with Gasteiger partial charge in [0.25, 0.3) is 0 Å². The van der Waals surface area contributed by atoms with Crippen molar-refractivity contribution in [2.75, 3.05) is 0 Å². The second-order valence-electron chi connectivity index (χ2n) is 4.18. The Labute approximate surface area is 124 Å². The molecule has 0 aliphatic heterocycles. The predicted molar refractivity (Wildman–Crippen MR) is 74.3 cm³/mol. The normalized spacial score (nSPS) is 10.7. The first kappa shape index (κ1) is 15.1. The molecule has 0 aliphatic carbocycles. The van der Waals surface area contributed by atoms with Crippen molar-refractivity contribution >= 4 is 17.9 Å². The van der Waals surface area contributed by atoms with Crippen LogP contribution in [0.2, 0.25) is 5.02 Å². The van der Waals surface area contributed by atoms with Crippen LogP contribution < -0.4 is 0 Å². The first-order valence-corrected chi connectivity index (χ1v) is 6.22. The molecule has 0 fully saturated rings. The summed E-state index contributed by atoms with van der Waals surface area (Å²) in [5.74, 6) is 5.45. The summed E-state index contributed by atoms with van der Waals surface area (Å²) in [5.41, 5.74) is 0.571. The fourth-order valence-electron chi connectivity index (χ4n) is 1.59. The van der Waals surface area contributed by atoms with E-state index >= 15 is 0 Å². The Morgan fingerprint density at radius 2 is 1.67 bits per heavy atom. The van der Waals surface area contributed by atoms with Crippen molar-refractivity contribution in [2.45, 2.75) is 6.18 Å². The van der Waals surface area contributed by atoms with Gasteiger partial charge in [0.15, 0.2) is 0 Å². The summed E-state index contributed by atoms with van der Waals surface area (Å²) < 4.78 is 37.3. The van der Waals surface area contributed by atoms with E-state index < -0.39 is 11.7 Å². The fraction of sp³-hybridized carbons (Fsp3) is 0.0625. The van der Waals surface area contributed by atoms with Crippen LogP contribution in [0.1, 0.15) is 27.0 Å². The maximum absolute atomic E-state index is 12.4. The lowest BCUT2D eigenvalue weighted by molar-refractivity contribution is -0.137. The van der Waals surface area contributed by atoms with Crippen molar-refractivity contribution in [1.82, 2.24) is 0 Å². The average Bonchev–Trinajstić information content (AvgIpc) is 2.46. The quantitative estimate of drug-likeness (QED) is 0.557. The predicted octanol–water partition coefficient (Wildman–Crippen LogP) is 4.57. The van der Waals surface area contributed by atoms with E-state index in [0.717, 1.165) is 12.1 Å². The van der Waals surface area contributed by atoms with Gasteiger partial charge in [0.05, 0.1) is 10.6 Å². The molecule has 2 aromatic carbocycles. The molecule has 21 heavy (non-hydrogen) atoms. The molecule has 0 amide bonds. The first-order valence-electron chi connectivity index (χ1n) is 5.84. The molecule has 0 N–H and O–H groups in total. The summed E-state index contributed by atoms with van der Waals surface area (Å²) in [5, 5.41) is 0.375. The molecule has 2 rings (SSSR count). The molecule has 2 aromatic rings. The lowest BCUT2D eigenvalue weighted by Gasteiger charge is -2.05. The van der Waals surface area contributed by atoms with Gasteiger partial charge in [-0.25, -0.2) is 0 Å². The summed E-state index contributed by atoms with van der Waals surface area (Å²) in [6.07, 6.45) is -3.70. The molecule has 5 heteroatoms. The van der Waals surface area contributed by atoms with Gasteiger partial charge in [-0.15, -0.1) is 0 Å². The van der Waals surface area contributed by atoms with Crippen LogP contribution in [0, 0.1) is 11.8 Å². The Kier molecular flexibility index (Phi) is 4.35. The molecule has 0 aromatic heterocycles. The van der Waals surface area contributed by atoms with Gasteiger partial charge >= 0.3 is 6.18 Å². The molecule has 0 saturated carbocycles. The zero-order chi connectivity index (χ0) is 15.5. The van der Waals surface area contributed by atoms with Gasteiger partial charge < -0.3 is 0 Å². The van der Waals surface area contributed by atoms with Gasteiger partial charge in [0.2, 0.25) is 0 Å². The smallest absolute Gasteiger partial charge is 0.298 e. The van der Waals surface area contributed by atoms with Gasteiger partial charge in [0, 0.05) is 16.7 Å². The van der Waals surface area contributed by atoms with Gasteiger partial charge in [-0.2, -0.15) is 13.2 Å². The van der Waals surface area contributed by atoms with Crippen LogP contribution in [0.5, 0.6) is 0 Å². The largest absolute Gasteiger partial charge is 0.416 e. The molecule has 0 bridgehead atoms. The Morgan fingerprint density at radius 3 is 2.24 bits per heavy atom. The van der Waals surface area contributed by atoms with Crippen molar-refractivity contribution in [1.29, 1.82) is 0 Å². The Hall–Kier alpha value is -2.25. The molecular formula is C16H8ClF3O. The number of rotatable bonds is 1. The van der Waals surface area contributed by atoms with Crippen LogP contribution in [0.4, 0.5) is 13.2 Å². The van der Waals surface area contributed by atoms with E-state index in [9.17, 15) is 18.0 Å². The maximum atomic E-state index is 12.4. The minimum atomic E-state index is -4.37. The number of carbonyl (C=O) groups is 1. The van der Waals surface area contributed by atoms with Crippen LogP contribution in [0.3, 0.4) is 0 Å². The second-order valence-corrected chi connectivity index (χ2v) is 4.59. The number of carbonyl (C=O) groups excluding carboxylic acids is 1. The third kappa shape index (κ3) is 3.87. The van der Waals surface area contributed by atoms with E-state index in [1.165, 1.54) is 18.2 Å². The van der Waals surface area contributed by atoms with Crippen LogP contribution in [0.25, 0.3) is 0 Å². The van der Waals surface area contributed by atoms with E-state index in [1.807, 2.05) is 0 Å². The molecular weight excluding hydrogens is 301 g/mol. The van der Waals surface area contributed by atoms with E-state index in [2.05, 4.69) is 11.8 Å². The van der Waals surface area contributed by atoms with Crippen molar-refractivity contribution in [2.24, 2.45) is 0 Å². The standard InChI is InChI=1S/C16H8ClF3O/c17-15-8-4-12(10-21)9-13(15)5-1-11-2-6-14(7-3-11)16(18,19)20/h2-4,6-10H. The van der Waals surface area contributed by atoms with Gasteiger partial charge in [-0.3, -0.25) is 4.79 Å². The number of aldehydes is 1. The number of alkyl halides is 3. The third-order valence-corrected chi connectivity index (χ3v) is 3.01. The van der Waals surface area contributed by atoms with Gasteiger partial charge in [-0.05, 0) is 36.4 Å². The minimum Gasteiger partial charge on any atom is -0.298 e. The van der Waals surface area contributed by atoms with Gasteiger partial charge in [-0.1, -0.05) is 29.5 Å². The molecule has 0 radical (unpaired) electrons. The molecule has 0 aliphatic rings. The Balaban J connectivity index is 2.29. The number of hydrogen-bond donors (Lipinski definition) is 0. The maximum Gasteiger partial charge on any atom is 0.416 e. The molecule has 0 unspecified atom stereocenters. The third-order valence-electron chi connectivity index (χ3n) is 2.68. The van der Waals surface area contributed by atoms with Crippen LogP contribution in [0.15, 0.2) is 42.5 Å². The lowest BCUT2D eigenvalue weighted by atomic mass is 10.1. The zero-order valence-electron chi connectivity index (χ0n) is 10.5. The monoisotopic (exact) mass is 308 g/mol. The van der Waals surface area contributed by atoms with Crippen molar-refractivity contribution < 1.29 is 18.0 Å². The van der Waals surface area contributed by atoms with Crippen molar-refractivity contribution in [3.63, 3.8) is 0 Å². The Bertz CT molecular complexity index is 722. The lowest BCUT2D eigenvalue weighted by Crippen LogP contribution is -2.04. The Morgan fingerprint density at radius 1 is 1.00 bits per heavy atom. The SMILES string of the molecule is O=Cc1ccc(Cl)c(C#Cc2ccc(C(F)(F)F)cc2)c1. The highest BCUT2D eigenvalue weighted by molar-refractivity contribution is 6.31. The van der Waals surface area contributed by atoms with Crippen molar-refractivity contribution in [3.05, 3.63) is 69.7 Å². The number of hydrogen-bond acceptors (Lipinski definition) is 1. The summed E-state index contributed by atoms with van der Waals surface area (Å²) in [6.45, 7) is 0. The molecule has 1 nitrogen and oxygen atoms in total. The summed E-state index contributed by atoms with van der Waals surface area (Å²) in [4.78, 5) is 10.7. The molecule has 0 heterocycles. The van der Waals surface area contributed by atoms with Crippen molar-refractivity contribution in [3.8, 4) is 11.8 Å². The van der Waals surface area contributed by atoms with E-state index in [0.29, 0.717) is 28.0 Å². The van der Waals surface area contributed by atoms with E-state index in [1.54, 1.807) is 12.1 Å². The molecule has 0 atom stereocenters. The number of benzene rings is 2. The second kappa shape index (κ2) is 6.02. The van der Waals surface area contributed by atoms with Crippen LogP contribution in [-0.4, -0.2) is 6.29 Å². The van der Waals surface area contributed by atoms with E-state index in [-0.39, 0.29) is 0 Å². The highest BCUT2D eigenvalue weighted by Crippen LogP contribution is 2.29. The average molecular weight is 309 g/mol. The minimum absolute atomic E-state index is 0.375. The first-order chi connectivity index (χ1) is 9.90. The molecule has 0 saturated heterocycles. The van der Waals surface area contributed by atoms with Gasteiger partial charge in [0.1, 0.15) is 6.29 Å². The fourth-order valence-corrected chi connectivity index (χ4v) is 1.76.